The van der Waals surface area contributed by atoms with Crippen LogP contribution >= 0.6 is 11.6 Å². The Kier molecular flexibility index (Phi) is 28.0. The quantitative estimate of drug-likeness (QED) is 0.254. The minimum atomic E-state index is -4.75. The van der Waals surface area contributed by atoms with Gasteiger partial charge in [-0.2, -0.15) is 13.2 Å². The predicted octanol–water partition coefficient (Wildman–Crippen LogP) is 5.36. The van der Waals surface area contributed by atoms with Gasteiger partial charge in [-0.3, -0.25) is 52.7 Å². The highest BCUT2D eigenvalue weighted by Gasteiger charge is 2.46. The number of hydrogen-bond donors (Lipinski definition) is 3. The minimum Gasteiger partial charge on any atom is -0.343 e. The van der Waals surface area contributed by atoms with Crippen LogP contribution in [0.25, 0.3) is 0 Å². The highest BCUT2D eigenvalue weighted by molar-refractivity contribution is 6.31. The topological polar surface area (TPSA) is 250 Å². The Bertz CT molecular complexity index is 2750. The largest absolute Gasteiger partial charge is 0.417 e. The van der Waals surface area contributed by atoms with Gasteiger partial charge in [-0.1, -0.05) is 105 Å². The van der Waals surface area contributed by atoms with Crippen LogP contribution in [-0.4, -0.2) is 228 Å². The Hall–Kier alpha value is -6.53. The number of halogens is 4. The van der Waals surface area contributed by atoms with Crippen molar-refractivity contribution in [2.75, 3.05) is 75.5 Å². The number of benzene rings is 1. The van der Waals surface area contributed by atoms with Gasteiger partial charge in [0.25, 0.3) is 0 Å². The molecular weight excluding hydrogens is 1190 g/mol. The van der Waals surface area contributed by atoms with Crippen LogP contribution in [0.1, 0.15) is 157 Å². The van der Waals surface area contributed by atoms with Crippen LogP contribution in [0.5, 0.6) is 0 Å². The maximum absolute atomic E-state index is 14.9. The summed E-state index contributed by atoms with van der Waals surface area (Å²) in [6.07, 6.45) is 0.500. The number of hydrogen-bond acceptors (Lipinski definition) is 11. The molecule has 506 valence electrons. The van der Waals surface area contributed by atoms with Gasteiger partial charge in [-0.15, -0.1) is 0 Å². The first-order valence-electron chi connectivity index (χ1n) is 31.8. The van der Waals surface area contributed by atoms with E-state index in [4.69, 9.17) is 11.6 Å². The van der Waals surface area contributed by atoms with Crippen LogP contribution in [0, 0.1) is 23.7 Å². The lowest BCUT2D eigenvalue weighted by molar-refractivity contribution is -0.152. The maximum atomic E-state index is 14.9. The highest BCUT2D eigenvalue weighted by Crippen LogP contribution is 2.36. The van der Waals surface area contributed by atoms with E-state index >= 15 is 0 Å². The van der Waals surface area contributed by atoms with Gasteiger partial charge >= 0.3 is 6.18 Å². The molecule has 22 nitrogen and oxygen atoms in total. The number of fused-ring (bicyclic) bond motifs is 1. The van der Waals surface area contributed by atoms with Gasteiger partial charge in [0.05, 0.1) is 30.2 Å². The van der Waals surface area contributed by atoms with Crippen LogP contribution in [0.15, 0.2) is 18.2 Å². The van der Waals surface area contributed by atoms with E-state index in [1.54, 1.807) is 34.6 Å². The molecule has 90 heavy (non-hydrogen) atoms. The molecule has 9 atom stereocenters. The zero-order chi connectivity index (χ0) is 68.0. The zero-order valence-corrected chi connectivity index (χ0v) is 56.6. The first-order valence-corrected chi connectivity index (χ1v) is 32.2. The van der Waals surface area contributed by atoms with E-state index in [0.29, 0.717) is 18.4 Å². The summed E-state index contributed by atoms with van der Waals surface area (Å²) in [7, 11) is 10.0. The highest BCUT2D eigenvalue weighted by atomic mass is 35.5. The third-order valence-electron chi connectivity index (χ3n) is 18.6. The van der Waals surface area contributed by atoms with Gasteiger partial charge in [-0.05, 0) is 100 Å². The molecule has 0 radical (unpaired) electrons. The summed E-state index contributed by atoms with van der Waals surface area (Å²) < 4.78 is 41.2. The van der Waals surface area contributed by atoms with Crippen molar-refractivity contribution in [3.63, 3.8) is 0 Å². The van der Waals surface area contributed by atoms with Gasteiger partial charge in [0.15, 0.2) is 0 Å². The number of amides is 11. The van der Waals surface area contributed by atoms with Gasteiger partial charge in [-0.25, -0.2) is 0 Å². The van der Waals surface area contributed by atoms with E-state index in [2.05, 4.69) is 16.0 Å². The number of aryl methyl sites for hydroxylation is 1. The van der Waals surface area contributed by atoms with E-state index in [-0.39, 0.29) is 63.3 Å². The lowest BCUT2D eigenvalue weighted by Gasteiger charge is -2.40. The average molecular weight is 1290 g/mol. The van der Waals surface area contributed by atoms with Gasteiger partial charge in [0.1, 0.15) is 41.8 Å². The number of alkyl halides is 3. The summed E-state index contributed by atoms with van der Waals surface area (Å²) in [5.41, 5.74) is -2.42. The lowest BCUT2D eigenvalue weighted by Crippen LogP contribution is -2.64. The molecule has 26 heteroatoms. The SMILES string of the molecule is CCC(C)[C@@H]1NC(=O)[C@H](CC(C)C)N(C)C(=O)C[C@@H](C)N(C)C(=O)[C@H](C(C)C)N(C)C(=O)[C@@](C)(CC)NC(=O)[C@@H]2CCCN2C(=O)[C@H](CCc2ccc(C(F)(F)F)c(Cl)c2)NC(=O)CN(C)C(=O)[C@H](CC2CCCCC2)N(C)C(=O)CN(C)C(=O)CN(C)C1=O. The van der Waals surface area contributed by atoms with Crippen molar-refractivity contribution in [2.24, 2.45) is 23.7 Å². The number of nitrogens with one attached hydrogen (secondary N) is 3. The molecule has 3 aliphatic rings. The number of carbonyl (C=O) groups excluding carboxylic acids is 11. The first kappa shape index (κ1) is 75.9. The van der Waals surface area contributed by atoms with E-state index in [1.165, 1.54) is 86.8 Å². The van der Waals surface area contributed by atoms with Crippen molar-refractivity contribution in [3.8, 4) is 0 Å². The molecule has 1 aliphatic carbocycles. The summed E-state index contributed by atoms with van der Waals surface area (Å²) >= 11 is 6.10. The Labute approximate surface area is 535 Å². The van der Waals surface area contributed by atoms with E-state index in [9.17, 15) is 65.9 Å². The zero-order valence-electron chi connectivity index (χ0n) is 55.9. The molecule has 11 amide bonds. The predicted molar refractivity (Wildman–Crippen MR) is 335 cm³/mol. The molecular formula is C64H101ClF3N11O11. The van der Waals surface area contributed by atoms with Crippen LogP contribution in [0.4, 0.5) is 13.2 Å². The Morgan fingerprint density at radius 2 is 1.27 bits per heavy atom. The molecule has 3 N–H and O–H groups in total. The van der Waals surface area contributed by atoms with Crippen molar-refractivity contribution in [1.29, 1.82) is 0 Å². The molecule has 1 saturated carbocycles. The molecule has 0 aromatic heterocycles. The monoisotopic (exact) mass is 1290 g/mol. The van der Waals surface area contributed by atoms with Crippen molar-refractivity contribution in [2.45, 2.75) is 206 Å². The molecule has 1 aromatic rings. The van der Waals surface area contributed by atoms with Crippen molar-refractivity contribution in [1.82, 2.24) is 55.1 Å². The van der Waals surface area contributed by atoms with Crippen LogP contribution in [0.2, 0.25) is 5.02 Å². The second-order valence-electron chi connectivity index (χ2n) is 26.4. The van der Waals surface area contributed by atoms with Crippen molar-refractivity contribution < 1.29 is 65.9 Å². The lowest BCUT2D eigenvalue weighted by atomic mass is 9.84. The summed E-state index contributed by atoms with van der Waals surface area (Å²) in [5, 5.41) is 7.91. The summed E-state index contributed by atoms with van der Waals surface area (Å²) in [6.45, 7) is 14.1. The molecule has 1 unspecified atom stereocenters. The molecule has 0 bridgehead atoms. The van der Waals surface area contributed by atoms with Crippen LogP contribution in [0.3, 0.4) is 0 Å². The van der Waals surface area contributed by atoms with Crippen LogP contribution in [-0.2, 0) is 65.3 Å². The number of rotatable bonds is 11. The summed E-state index contributed by atoms with van der Waals surface area (Å²) in [6, 6.07) is -4.64. The Morgan fingerprint density at radius 3 is 1.83 bits per heavy atom. The van der Waals surface area contributed by atoms with Gasteiger partial charge in [0, 0.05) is 68.3 Å². The summed E-state index contributed by atoms with van der Waals surface area (Å²) in [5.74, 6) is -7.95. The second kappa shape index (κ2) is 33.2. The van der Waals surface area contributed by atoms with Crippen LogP contribution < -0.4 is 16.0 Å². The summed E-state index contributed by atoms with van der Waals surface area (Å²) in [4.78, 5) is 169. The molecule has 3 fully saturated rings. The Morgan fingerprint density at radius 1 is 0.667 bits per heavy atom. The fourth-order valence-corrected chi connectivity index (χ4v) is 12.5. The number of likely N-dealkylation sites (N-methyl/N-ethyl adjacent to an activating group) is 7. The fraction of sp³-hybridized carbons (Fsp3) is 0.734. The molecule has 2 aliphatic heterocycles. The smallest absolute Gasteiger partial charge is 0.343 e. The third-order valence-corrected chi connectivity index (χ3v) is 18.9. The van der Waals surface area contributed by atoms with Gasteiger partial charge < -0.3 is 55.1 Å². The fourth-order valence-electron chi connectivity index (χ4n) is 12.2. The van der Waals surface area contributed by atoms with E-state index in [1.807, 2.05) is 20.8 Å². The first-order chi connectivity index (χ1) is 41.9. The molecule has 2 heterocycles. The van der Waals surface area contributed by atoms with E-state index < -0.39 is 161 Å². The number of nitrogens with zero attached hydrogens (tertiary/aromatic N) is 8. The minimum absolute atomic E-state index is 0.0305. The molecule has 0 spiro atoms. The standard InChI is InChI=1S/C64H101ClF3N11O11/c1-17-40(7)54-60(88)74(12)36-52(82)72(10)37-53(83)77(15)49(34-42-23-20-19-21-24-42)59(87)73(11)35-50(80)69-46(29-27-43-26-28-44(45(65)33-43)64(66,67)68)58(86)79-30-22-25-47(79)57(85)71-63(9,18-2)62(90)78(16)55(39(5)6)61(89)75(13)41(8)32-51(81)76(14)48(31-38(3)4)56(84)70-54/h26,28,33,38-42,46-49,54-55H,17-25,27,29-32,34-37H2,1-16H3,(H,69,80)(H,70,84)(H,71,85)/t40?,41-,46+,47+,48+,49+,54+,55+,63-/m1/s1. The van der Waals surface area contributed by atoms with Gasteiger partial charge in [0.2, 0.25) is 65.0 Å². The van der Waals surface area contributed by atoms with Crippen molar-refractivity contribution >= 4 is 76.6 Å². The Balaban J connectivity index is 1.81. The average Bonchev–Trinajstić information content (AvgIpc) is 1.32. The molecule has 1 aromatic carbocycles. The maximum Gasteiger partial charge on any atom is 0.417 e. The normalized spacial score (nSPS) is 26.8. The molecule has 2 saturated heterocycles. The van der Waals surface area contributed by atoms with E-state index in [0.717, 1.165) is 58.9 Å². The number of carbonyl (C=O) groups is 11. The van der Waals surface area contributed by atoms with Crippen molar-refractivity contribution in [3.05, 3.63) is 34.3 Å². The second-order valence-corrected chi connectivity index (χ2v) is 26.8. The molecule has 4 rings (SSSR count). The third kappa shape index (κ3) is 19.7.